The maximum absolute atomic E-state index is 12.1. The van der Waals surface area contributed by atoms with Crippen LogP contribution in [0.15, 0.2) is 24.3 Å². The average molecular weight is 289 g/mol. The molecule has 0 saturated heterocycles. The van der Waals surface area contributed by atoms with Gasteiger partial charge in [-0.05, 0) is 19.1 Å². The zero-order chi connectivity index (χ0) is 13.5. The van der Waals surface area contributed by atoms with Crippen molar-refractivity contribution in [2.24, 2.45) is 5.73 Å². The number of rotatable bonds is 6. The van der Waals surface area contributed by atoms with Gasteiger partial charge in [-0.3, -0.25) is 4.79 Å². The van der Waals surface area contributed by atoms with Gasteiger partial charge < -0.3 is 20.1 Å². The molecular formula is C13H21ClN2O3. The van der Waals surface area contributed by atoms with E-state index in [9.17, 15) is 4.79 Å². The molecule has 0 aliphatic rings. The molecule has 19 heavy (non-hydrogen) atoms. The average Bonchev–Trinajstić information content (AvgIpc) is 2.40. The number of likely N-dealkylation sites (N-methyl/N-ethyl adjacent to an activating group) is 1. The van der Waals surface area contributed by atoms with Crippen molar-refractivity contribution in [2.75, 3.05) is 32.3 Å². The number of nitrogens with two attached hydrogens (primary N) is 1. The van der Waals surface area contributed by atoms with Gasteiger partial charge in [-0.1, -0.05) is 6.07 Å². The molecule has 6 heteroatoms. The number of carbonyl (C=O) groups is 1. The minimum Gasteiger partial charge on any atom is -0.497 e. The van der Waals surface area contributed by atoms with E-state index in [1.807, 2.05) is 25.1 Å². The first-order chi connectivity index (χ1) is 8.63. The molecule has 0 bridgehead atoms. The van der Waals surface area contributed by atoms with Crippen LogP contribution in [-0.4, -0.2) is 39.3 Å². The first-order valence-corrected chi connectivity index (χ1v) is 5.84. The third kappa shape index (κ3) is 4.70. The lowest BCUT2D eigenvalue weighted by atomic mass is 10.2. The van der Waals surface area contributed by atoms with Gasteiger partial charge in [0.05, 0.1) is 13.7 Å². The minimum absolute atomic E-state index is 0. The highest BCUT2D eigenvalue weighted by Crippen LogP contribution is 2.21. The zero-order valence-corrected chi connectivity index (χ0v) is 12.3. The zero-order valence-electron chi connectivity index (χ0n) is 11.5. The molecule has 1 unspecified atom stereocenters. The van der Waals surface area contributed by atoms with Gasteiger partial charge in [0.1, 0.15) is 11.8 Å². The molecule has 1 rings (SSSR count). The van der Waals surface area contributed by atoms with E-state index in [-0.39, 0.29) is 24.9 Å². The monoisotopic (exact) mass is 288 g/mol. The summed E-state index contributed by atoms with van der Waals surface area (Å²) in [5, 5.41) is 0. The predicted molar refractivity (Wildman–Crippen MR) is 78.1 cm³/mol. The van der Waals surface area contributed by atoms with Gasteiger partial charge in [0.25, 0.3) is 0 Å². The van der Waals surface area contributed by atoms with Crippen molar-refractivity contribution in [3.8, 4) is 5.75 Å². The number of hydrogen-bond acceptors (Lipinski definition) is 4. The number of ether oxygens (including phenoxy) is 2. The summed E-state index contributed by atoms with van der Waals surface area (Å²) in [6, 6.07) is 6.67. The highest BCUT2D eigenvalue weighted by Gasteiger charge is 2.21. The van der Waals surface area contributed by atoms with E-state index in [0.29, 0.717) is 12.3 Å². The summed E-state index contributed by atoms with van der Waals surface area (Å²) in [5.74, 6) is 0.548. The van der Waals surface area contributed by atoms with Gasteiger partial charge in [-0.15, -0.1) is 12.4 Å². The number of amides is 1. The van der Waals surface area contributed by atoms with Crippen molar-refractivity contribution in [1.82, 2.24) is 0 Å². The topological polar surface area (TPSA) is 64.8 Å². The molecule has 1 aromatic rings. The second-order valence-electron chi connectivity index (χ2n) is 3.85. The lowest BCUT2D eigenvalue weighted by Crippen LogP contribution is -2.46. The Kier molecular flexibility index (Phi) is 8.14. The van der Waals surface area contributed by atoms with Crippen molar-refractivity contribution in [3.63, 3.8) is 0 Å². The van der Waals surface area contributed by atoms with Gasteiger partial charge in [0, 0.05) is 25.4 Å². The summed E-state index contributed by atoms with van der Waals surface area (Å²) < 4.78 is 10.0. The fourth-order valence-electron chi connectivity index (χ4n) is 1.70. The summed E-state index contributed by atoms with van der Waals surface area (Å²) in [7, 11) is 3.11. The normalized spacial score (nSPS) is 11.4. The minimum atomic E-state index is -0.652. The van der Waals surface area contributed by atoms with Crippen LogP contribution in [0.5, 0.6) is 5.75 Å². The van der Waals surface area contributed by atoms with Gasteiger partial charge >= 0.3 is 0 Å². The Bertz CT molecular complexity index is 401. The molecule has 108 valence electrons. The fraction of sp³-hybridized carbons (Fsp3) is 0.462. The predicted octanol–water partition coefficient (Wildman–Crippen LogP) is 1.44. The lowest BCUT2D eigenvalue weighted by molar-refractivity contribution is -0.120. The van der Waals surface area contributed by atoms with E-state index >= 15 is 0 Å². The molecule has 5 nitrogen and oxygen atoms in total. The quantitative estimate of drug-likeness (QED) is 0.860. The molecule has 0 fully saturated rings. The number of nitrogens with zero attached hydrogens (tertiary/aromatic N) is 1. The van der Waals surface area contributed by atoms with Gasteiger partial charge in [0.2, 0.25) is 5.91 Å². The van der Waals surface area contributed by atoms with Gasteiger partial charge in [-0.25, -0.2) is 0 Å². The molecule has 0 aliphatic heterocycles. The van der Waals surface area contributed by atoms with E-state index in [1.54, 1.807) is 18.1 Å². The van der Waals surface area contributed by atoms with Crippen LogP contribution >= 0.6 is 12.4 Å². The van der Waals surface area contributed by atoms with Gasteiger partial charge in [-0.2, -0.15) is 0 Å². The highest BCUT2D eigenvalue weighted by molar-refractivity contribution is 5.97. The number of carbonyl (C=O) groups excluding carboxylic acids is 1. The van der Waals surface area contributed by atoms with Crippen molar-refractivity contribution >= 4 is 24.0 Å². The SMILES string of the molecule is CCN(C(=O)C(N)COC)c1cccc(OC)c1.Cl. The summed E-state index contributed by atoms with van der Waals surface area (Å²) >= 11 is 0. The first-order valence-electron chi connectivity index (χ1n) is 5.84. The molecule has 1 amide bonds. The molecule has 2 N–H and O–H groups in total. The second-order valence-corrected chi connectivity index (χ2v) is 3.85. The van der Waals surface area contributed by atoms with E-state index < -0.39 is 6.04 Å². The van der Waals surface area contributed by atoms with Crippen molar-refractivity contribution in [2.45, 2.75) is 13.0 Å². The molecule has 0 aliphatic carbocycles. The standard InChI is InChI=1S/C13H20N2O3.ClH/c1-4-15(13(16)12(14)9-17-2)10-6-5-7-11(8-10)18-3;/h5-8,12H,4,9,14H2,1-3H3;1H. The van der Waals surface area contributed by atoms with Crippen molar-refractivity contribution in [3.05, 3.63) is 24.3 Å². The maximum Gasteiger partial charge on any atom is 0.246 e. The largest absolute Gasteiger partial charge is 0.497 e. The Morgan fingerprint density at radius 3 is 2.63 bits per heavy atom. The van der Waals surface area contributed by atoms with Crippen LogP contribution in [0.3, 0.4) is 0 Å². The Morgan fingerprint density at radius 1 is 1.42 bits per heavy atom. The van der Waals surface area contributed by atoms with Crippen LogP contribution < -0.4 is 15.4 Å². The van der Waals surface area contributed by atoms with Crippen LogP contribution in [0, 0.1) is 0 Å². The summed E-state index contributed by atoms with van der Waals surface area (Å²) in [6.45, 7) is 2.65. The Hall–Kier alpha value is -1.30. The summed E-state index contributed by atoms with van der Waals surface area (Å²) in [4.78, 5) is 13.8. The number of halogens is 1. The lowest BCUT2D eigenvalue weighted by Gasteiger charge is -2.24. The first kappa shape index (κ1) is 17.7. The van der Waals surface area contributed by atoms with Crippen LogP contribution in [0.25, 0.3) is 0 Å². The Balaban J connectivity index is 0.00000324. The highest BCUT2D eigenvalue weighted by atomic mass is 35.5. The van der Waals surface area contributed by atoms with Crippen molar-refractivity contribution in [1.29, 1.82) is 0 Å². The van der Waals surface area contributed by atoms with E-state index in [0.717, 1.165) is 5.69 Å². The third-order valence-corrected chi connectivity index (χ3v) is 2.61. The Morgan fingerprint density at radius 2 is 2.11 bits per heavy atom. The molecule has 0 heterocycles. The molecule has 1 aromatic carbocycles. The van der Waals surface area contributed by atoms with Gasteiger partial charge in [0.15, 0.2) is 0 Å². The fourth-order valence-corrected chi connectivity index (χ4v) is 1.70. The summed E-state index contributed by atoms with van der Waals surface area (Å²) in [6.07, 6.45) is 0. The number of methoxy groups -OCH3 is 2. The molecule has 1 atom stereocenters. The molecular weight excluding hydrogens is 268 g/mol. The number of anilines is 1. The molecule has 0 aromatic heterocycles. The maximum atomic E-state index is 12.1. The number of benzene rings is 1. The van der Waals surface area contributed by atoms with Crippen LogP contribution in [0.1, 0.15) is 6.92 Å². The smallest absolute Gasteiger partial charge is 0.246 e. The third-order valence-electron chi connectivity index (χ3n) is 2.61. The second kappa shape index (κ2) is 8.74. The van der Waals surface area contributed by atoms with Crippen LogP contribution in [0.4, 0.5) is 5.69 Å². The molecule has 0 saturated carbocycles. The molecule has 0 spiro atoms. The number of hydrogen-bond donors (Lipinski definition) is 1. The van der Waals surface area contributed by atoms with E-state index in [1.165, 1.54) is 7.11 Å². The molecule has 0 radical (unpaired) electrons. The van der Waals surface area contributed by atoms with E-state index in [2.05, 4.69) is 0 Å². The Labute approximate surface area is 120 Å². The van der Waals surface area contributed by atoms with Crippen molar-refractivity contribution < 1.29 is 14.3 Å². The summed E-state index contributed by atoms with van der Waals surface area (Å²) in [5.41, 5.74) is 6.54. The van der Waals surface area contributed by atoms with E-state index in [4.69, 9.17) is 15.2 Å². The van der Waals surface area contributed by atoms with Crippen LogP contribution in [-0.2, 0) is 9.53 Å². The van der Waals surface area contributed by atoms with Crippen LogP contribution in [0.2, 0.25) is 0 Å².